The second kappa shape index (κ2) is 9.07. The molecule has 29 heavy (non-hydrogen) atoms. The zero-order valence-electron chi connectivity index (χ0n) is 17.0. The van der Waals surface area contributed by atoms with E-state index in [0.29, 0.717) is 25.2 Å². The Balaban J connectivity index is 1.72. The Morgan fingerprint density at radius 3 is 2.21 bits per heavy atom. The van der Waals surface area contributed by atoms with Crippen molar-refractivity contribution < 1.29 is 17.9 Å². The predicted molar refractivity (Wildman–Crippen MR) is 113 cm³/mol. The van der Waals surface area contributed by atoms with Crippen LogP contribution in [0.25, 0.3) is 0 Å². The normalized spacial score (nSPS) is 21.5. The number of morpholine rings is 1. The molecule has 1 fully saturated rings. The molecule has 0 aliphatic carbocycles. The number of sulfonamides is 1. The molecule has 0 spiro atoms. The van der Waals surface area contributed by atoms with Gasteiger partial charge in [-0.15, -0.1) is 0 Å². The third-order valence-corrected chi connectivity index (χ3v) is 6.92. The van der Waals surface area contributed by atoms with Crippen LogP contribution in [0.1, 0.15) is 38.7 Å². The molecule has 2 aromatic carbocycles. The summed E-state index contributed by atoms with van der Waals surface area (Å²) in [5.74, 6) is -0.360. The third-order valence-electron chi connectivity index (χ3n) is 5.07. The molecule has 6 nitrogen and oxygen atoms in total. The standard InChI is InChI=1S/C22H28N2O4S/c1-4-21(18-8-6-5-7-9-18)22(25)23-19-10-12-20(13-11-19)29(26,27)24-14-16(2)28-17(3)15-24/h5-13,16-17,21H,4,14-15H2,1-3H3,(H,23,25)/t16-,17-,21+/m1/s1. The maximum absolute atomic E-state index is 12.9. The van der Waals surface area contributed by atoms with Gasteiger partial charge in [-0.2, -0.15) is 4.31 Å². The van der Waals surface area contributed by atoms with Gasteiger partial charge in [0.15, 0.2) is 0 Å². The molecule has 7 heteroatoms. The van der Waals surface area contributed by atoms with Crippen LogP contribution in [0, 0.1) is 0 Å². The molecule has 0 bridgehead atoms. The molecule has 0 saturated carbocycles. The summed E-state index contributed by atoms with van der Waals surface area (Å²) in [6.07, 6.45) is 0.391. The minimum atomic E-state index is -3.60. The van der Waals surface area contributed by atoms with Gasteiger partial charge in [-0.3, -0.25) is 4.79 Å². The van der Waals surface area contributed by atoms with E-state index in [1.807, 2.05) is 51.1 Å². The second-order valence-corrected chi connectivity index (χ2v) is 9.40. The van der Waals surface area contributed by atoms with Gasteiger partial charge in [0.05, 0.1) is 23.0 Å². The lowest BCUT2D eigenvalue weighted by Gasteiger charge is -2.34. The lowest BCUT2D eigenvalue weighted by atomic mass is 9.95. The average Bonchev–Trinajstić information content (AvgIpc) is 2.69. The number of rotatable bonds is 6. The summed E-state index contributed by atoms with van der Waals surface area (Å²) in [7, 11) is -3.60. The first-order chi connectivity index (χ1) is 13.8. The number of benzene rings is 2. The lowest BCUT2D eigenvalue weighted by molar-refractivity contribution is -0.117. The van der Waals surface area contributed by atoms with Crippen molar-refractivity contribution in [1.29, 1.82) is 0 Å². The van der Waals surface area contributed by atoms with Gasteiger partial charge >= 0.3 is 0 Å². The summed E-state index contributed by atoms with van der Waals surface area (Å²) >= 11 is 0. The van der Waals surface area contributed by atoms with E-state index < -0.39 is 10.0 Å². The Hall–Kier alpha value is -2.22. The van der Waals surface area contributed by atoms with Crippen molar-refractivity contribution in [1.82, 2.24) is 4.31 Å². The number of carbonyl (C=O) groups is 1. The smallest absolute Gasteiger partial charge is 0.243 e. The molecular formula is C22H28N2O4S. The zero-order valence-corrected chi connectivity index (χ0v) is 17.9. The van der Waals surface area contributed by atoms with Crippen molar-refractivity contribution in [3.8, 4) is 0 Å². The maximum Gasteiger partial charge on any atom is 0.243 e. The van der Waals surface area contributed by atoms with Crippen molar-refractivity contribution in [3.63, 3.8) is 0 Å². The number of ether oxygens (including phenoxy) is 1. The average molecular weight is 417 g/mol. The van der Waals surface area contributed by atoms with E-state index in [0.717, 1.165) is 5.56 Å². The van der Waals surface area contributed by atoms with Crippen molar-refractivity contribution >= 4 is 21.6 Å². The third kappa shape index (κ3) is 5.04. The van der Waals surface area contributed by atoms with E-state index in [1.165, 1.54) is 4.31 Å². The van der Waals surface area contributed by atoms with Gasteiger partial charge in [0, 0.05) is 18.8 Å². The van der Waals surface area contributed by atoms with Crippen LogP contribution in [0.15, 0.2) is 59.5 Å². The van der Waals surface area contributed by atoms with E-state index in [4.69, 9.17) is 4.74 Å². The monoisotopic (exact) mass is 416 g/mol. The fourth-order valence-corrected chi connectivity index (χ4v) is 5.26. The Labute approximate surface area is 172 Å². The van der Waals surface area contributed by atoms with Crippen LogP contribution >= 0.6 is 0 Å². The fourth-order valence-electron chi connectivity index (χ4n) is 3.67. The lowest BCUT2D eigenvalue weighted by Crippen LogP contribution is -2.48. The quantitative estimate of drug-likeness (QED) is 0.780. The summed E-state index contributed by atoms with van der Waals surface area (Å²) in [5, 5.41) is 2.90. The number of hydrogen-bond acceptors (Lipinski definition) is 4. The molecule has 1 aliphatic rings. The molecule has 0 radical (unpaired) electrons. The number of hydrogen-bond donors (Lipinski definition) is 1. The highest BCUT2D eigenvalue weighted by Crippen LogP contribution is 2.24. The molecule has 3 rings (SSSR count). The van der Waals surface area contributed by atoms with Gasteiger partial charge in [0.1, 0.15) is 0 Å². The largest absolute Gasteiger partial charge is 0.373 e. The Morgan fingerprint density at radius 1 is 1.07 bits per heavy atom. The van der Waals surface area contributed by atoms with Crippen molar-refractivity contribution in [2.75, 3.05) is 18.4 Å². The van der Waals surface area contributed by atoms with Crippen molar-refractivity contribution in [2.24, 2.45) is 0 Å². The first-order valence-corrected chi connectivity index (χ1v) is 11.4. The van der Waals surface area contributed by atoms with Crippen LogP contribution in [0.5, 0.6) is 0 Å². The first-order valence-electron chi connectivity index (χ1n) is 9.92. The van der Waals surface area contributed by atoms with E-state index in [-0.39, 0.29) is 28.9 Å². The van der Waals surface area contributed by atoms with Gasteiger partial charge in [-0.1, -0.05) is 37.3 Å². The van der Waals surface area contributed by atoms with E-state index in [2.05, 4.69) is 5.32 Å². The summed E-state index contributed by atoms with van der Waals surface area (Å²) in [6.45, 7) is 6.37. The molecule has 2 aromatic rings. The van der Waals surface area contributed by atoms with Crippen LogP contribution < -0.4 is 5.32 Å². The van der Waals surface area contributed by atoms with Crippen molar-refractivity contribution in [3.05, 3.63) is 60.2 Å². The van der Waals surface area contributed by atoms with Crippen LogP contribution in [0.3, 0.4) is 0 Å². The van der Waals surface area contributed by atoms with Gasteiger partial charge < -0.3 is 10.1 Å². The Bertz CT molecular complexity index is 919. The summed E-state index contributed by atoms with van der Waals surface area (Å²) in [4.78, 5) is 12.9. The molecule has 156 valence electrons. The molecule has 1 amide bonds. The molecule has 3 atom stereocenters. The van der Waals surface area contributed by atoms with Gasteiger partial charge in [0.2, 0.25) is 15.9 Å². The minimum Gasteiger partial charge on any atom is -0.373 e. The highest BCUT2D eigenvalue weighted by Gasteiger charge is 2.32. The first kappa shape index (κ1) is 21.5. The van der Waals surface area contributed by atoms with Crippen molar-refractivity contribution in [2.45, 2.75) is 50.2 Å². The molecule has 1 N–H and O–H groups in total. The van der Waals surface area contributed by atoms with Gasteiger partial charge in [-0.05, 0) is 50.1 Å². The Morgan fingerprint density at radius 2 is 1.66 bits per heavy atom. The Kier molecular flexibility index (Phi) is 6.72. The topological polar surface area (TPSA) is 75.7 Å². The molecular weight excluding hydrogens is 388 g/mol. The molecule has 0 unspecified atom stereocenters. The minimum absolute atomic E-state index is 0.106. The molecule has 0 aromatic heterocycles. The number of anilines is 1. The van der Waals surface area contributed by atoms with Crippen LogP contribution in [-0.4, -0.2) is 43.9 Å². The summed E-state index contributed by atoms with van der Waals surface area (Å²) < 4.78 is 33.0. The van der Waals surface area contributed by atoms with Gasteiger partial charge in [0.25, 0.3) is 0 Å². The highest BCUT2D eigenvalue weighted by molar-refractivity contribution is 7.89. The number of amides is 1. The van der Waals surface area contributed by atoms with E-state index in [1.54, 1.807) is 24.3 Å². The van der Waals surface area contributed by atoms with Gasteiger partial charge in [-0.25, -0.2) is 8.42 Å². The highest BCUT2D eigenvalue weighted by atomic mass is 32.2. The zero-order chi connectivity index (χ0) is 21.0. The SMILES string of the molecule is CC[C@H](C(=O)Nc1ccc(S(=O)(=O)N2C[C@@H](C)O[C@H](C)C2)cc1)c1ccccc1. The fraction of sp³-hybridized carbons (Fsp3) is 0.409. The predicted octanol–water partition coefficient (Wildman–Crippen LogP) is 3.62. The summed E-state index contributed by atoms with van der Waals surface area (Å²) in [6, 6.07) is 16.0. The molecule has 1 saturated heterocycles. The van der Waals surface area contributed by atoms with Crippen LogP contribution in [0.2, 0.25) is 0 Å². The number of nitrogens with zero attached hydrogens (tertiary/aromatic N) is 1. The van der Waals surface area contributed by atoms with E-state index >= 15 is 0 Å². The van der Waals surface area contributed by atoms with Crippen LogP contribution in [0.4, 0.5) is 5.69 Å². The van der Waals surface area contributed by atoms with E-state index in [9.17, 15) is 13.2 Å². The summed E-state index contributed by atoms with van der Waals surface area (Å²) in [5.41, 5.74) is 1.54. The molecule has 1 heterocycles. The maximum atomic E-state index is 12.9. The number of nitrogens with one attached hydrogen (secondary N) is 1. The number of carbonyl (C=O) groups excluding carboxylic acids is 1. The van der Waals surface area contributed by atoms with Crippen LogP contribution in [-0.2, 0) is 19.6 Å². The molecule has 1 aliphatic heterocycles. The second-order valence-electron chi connectivity index (χ2n) is 7.46.